The van der Waals surface area contributed by atoms with Crippen molar-refractivity contribution in [1.82, 2.24) is 0 Å². The molecule has 0 radical (unpaired) electrons. The van der Waals surface area contributed by atoms with E-state index in [4.69, 9.17) is 0 Å². The first-order valence-corrected chi connectivity index (χ1v) is 6.62. The summed E-state index contributed by atoms with van der Waals surface area (Å²) in [6.07, 6.45) is 6.61. The molecule has 1 saturated carbocycles. The van der Waals surface area contributed by atoms with Crippen LogP contribution in [0.25, 0.3) is 0 Å². The average molecular weight is 234 g/mol. The van der Waals surface area contributed by atoms with E-state index in [1.54, 1.807) is 0 Å². The summed E-state index contributed by atoms with van der Waals surface area (Å²) in [6.45, 7) is 8.19. The normalized spacial score (nSPS) is 34.8. The van der Waals surface area contributed by atoms with Crippen molar-refractivity contribution in [3.05, 3.63) is 23.8 Å². The van der Waals surface area contributed by atoms with Crippen LogP contribution in [0.2, 0.25) is 0 Å². The fourth-order valence-corrected chi connectivity index (χ4v) is 3.44. The van der Waals surface area contributed by atoms with Crippen molar-refractivity contribution in [2.45, 2.75) is 39.5 Å². The van der Waals surface area contributed by atoms with Crippen LogP contribution in [-0.2, 0) is 4.79 Å². The highest BCUT2D eigenvalue weighted by Crippen LogP contribution is 2.46. The smallest absolute Gasteiger partial charge is 0.306 e. The van der Waals surface area contributed by atoms with Gasteiger partial charge >= 0.3 is 5.97 Å². The van der Waals surface area contributed by atoms with Gasteiger partial charge in [0.1, 0.15) is 0 Å². The number of hydrogen-bond acceptors (Lipinski definition) is 1. The lowest BCUT2D eigenvalue weighted by Crippen LogP contribution is -2.34. The Kier molecular flexibility index (Phi) is 3.41. The summed E-state index contributed by atoms with van der Waals surface area (Å²) in [5.41, 5.74) is 2.54. The molecule has 0 aliphatic heterocycles. The maximum atomic E-state index is 11.2. The monoisotopic (exact) mass is 234 g/mol. The fraction of sp³-hybridized carbons (Fsp3) is 0.667. The van der Waals surface area contributed by atoms with Gasteiger partial charge in [-0.05, 0) is 43.4 Å². The fourth-order valence-electron chi connectivity index (χ4n) is 3.44. The van der Waals surface area contributed by atoms with Gasteiger partial charge in [0.25, 0.3) is 0 Å². The number of rotatable bonds is 2. The van der Waals surface area contributed by atoms with E-state index in [0.29, 0.717) is 11.8 Å². The summed E-state index contributed by atoms with van der Waals surface area (Å²) in [5.74, 6) is 0.598. The lowest BCUT2D eigenvalue weighted by Gasteiger charge is -2.41. The van der Waals surface area contributed by atoms with Crippen LogP contribution in [0.1, 0.15) is 39.5 Å². The van der Waals surface area contributed by atoms with Gasteiger partial charge in [0.2, 0.25) is 0 Å². The van der Waals surface area contributed by atoms with E-state index in [1.165, 1.54) is 11.1 Å². The van der Waals surface area contributed by atoms with E-state index in [0.717, 1.165) is 25.7 Å². The minimum Gasteiger partial charge on any atom is -0.481 e. The molecule has 2 nitrogen and oxygen atoms in total. The minimum atomic E-state index is -0.666. The van der Waals surface area contributed by atoms with E-state index in [1.807, 2.05) is 6.92 Å². The number of aliphatic carboxylic acids is 1. The second-order valence-electron chi connectivity index (χ2n) is 5.74. The average Bonchev–Trinajstić information content (AvgIpc) is 2.28. The van der Waals surface area contributed by atoms with E-state index < -0.39 is 5.97 Å². The number of carbonyl (C=O) groups is 1. The van der Waals surface area contributed by atoms with Crippen molar-refractivity contribution in [1.29, 1.82) is 0 Å². The van der Waals surface area contributed by atoms with Gasteiger partial charge in [-0.3, -0.25) is 4.79 Å². The SMILES string of the molecule is C=C1C=C2[C@@H](CC1)[C@H](C)CC[C@H]2[C@@H](C)C(=O)O. The lowest BCUT2D eigenvalue weighted by atomic mass is 9.63. The Morgan fingerprint density at radius 1 is 1.47 bits per heavy atom. The lowest BCUT2D eigenvalue weighted by molar-refractivity contribution is -0.142. The predicted molar refractivity (Wildman–Crippen MR) is 68.6 cm³/mol. The summed E-state index contributed by atoms with van der Waals surface area (Å²) in [7, 11) is 0. The molecule has 0 aromatic rings. The van der Waals surface area contributed by atoms with Gasteiger partial charge in [-0.15, -0.1) is 0 Å². The third-order valence-corrected chi connectivity index (χ3v) is 4.62. The van der Waals surface area contributed by atoms with E-state index in [2.05, 4.69) is 19.6 Å². The van der Waals surface area contributed by atoms with Gasteiger partial charge in [0, 0.05) is 0 Å². The van der Waals surface area contributed by atoms with Gasteiger partial charge in [-0.25, -0.2) is 0 Å². The van der Waals surface area contributed by atoms with Gasteiger partial charge in [0.05, 0.1) is 5.92 Å². The van der Waals surface area contributed by atoms with E-state index in [-0.39, 0.29) is 11.8 Å². The van der Waals surface area contributed by atoms with Crippen LogP contribution in [0.3, 0.4) is 0 Å². The molecular formula is C15H22O2. The molecule has 2 aliphatic carbocycles. The van der Waals surface area contributed by atoms with Crippen LogP contribution in [0.4, 0.5) is 0 Å². The number of hydrogen-bond donors (Lipinski definition) is 1. The summed E-state index contributed by atoms with van der Waals surface area (Å²) >= 11 is 0. The Morgan fingerprint density at radius 3 is 2.82 bits per heavy atom. The van der Waals surface area contributed by atoms with Crippen molar-refractivity contribution in [2.24, 2.45) is 23.7 Å². The predicted octanol–water partition coefficient (Wildman–Crippen LogP) is 3.65. The molecule has 0 unspecified atom stereocenters. The third kappa shape index (κ3) is 2.31. The molecule has 4 atom stereocenters. The van der Waals surface area contributed by atoms with Gasteiger partial charge < -0.3 is 5.11 Å². The minimum absolute atomic E-state index is 0.228. The van der Waals surface area contributed by atoms with Crippen LogP contribution in [-0.4, -0.2) is 11.1 Å². The van der Waals surface area contributed by atoms with E-state index in [9.17, 15) is 9.90 Å². The first kappa shape index (κ1) is 12.4. The molecular weight excluding hydrogens is 212 g/mol. The number of allylic oxidation sites excluding steroid dienone is 3. The van der Waals surface area contributed by atoms with Crippen LogP contribution in [0.5, 0.6) is 0 Å². The maximum Gasteiger partial charge on any atom is 0.306 e. The summed E-state index contributed by atoms with van der Waals surface area (Å²) in [5, 5.41) is 9.21. The number of fused-ring (bicyclic) bond motifs is 1. The zero-order chi connectivity index (χ0) is 12.6. The maximum absolute atomic E-state index is 11.2. The molecule has 94 valence electrons. The highest BCUT2D eigenvalue weighted by Gasteiger charge is 2.38. The summed E-state index contributed by atoms with van der Waals surface area (Å²) < 4.78 is 0. The molecule has 0 spiro atoms. The molecule has 1 N–H and O–H groups in total. The van der Waals surface area contributed by atoms with Crippen LogP contribution in [0, 0.1) is 23.7 Å². The second kappa shape index (κ2) is 4.67. The molecule has 0 aromatic carbocycles. The van der Waals surface area contributed by atoms with Crippen LogP contribution < -0.4 is 0 Å². The van der Waals surface area contributed by atoms with Crippen molar-refractivity contribution >= 4 is 5.97 Å². The second-order valence-corrected chi connectivity index (χ2v) is 5.74. The van der Waals surface area contributed by atoms with Crippen LogP contribution in [0.15, 0.2) is 23.8 Å². The Balaban J connectivity index is 2.28. The zero-order valence-corrected chi connectivity index (χ0v) is 10.8. The molecule has 0 saturated heterocycles. The largest absolute Gasteiger partial charge is 0.481 e. The van der Waals surface area contributed by atoms with Crippen molar-refractivity contribution in [3.8, 4) is 0 Å². The molecule has 1 fully saturated rings. The molecule has 0 aromatic heterocycles. The highest BCUT2D eigenvalue weighted by atomic mass is 16.4. The number of carboxylic acids is 1. The topological polar surface area (TPSA) is 37.3 Å². The standard InChI is InChI=1S/C15H22O2/c1-9-4-6-12-10(2)5-7-13(14(12)8-9)11(3)15(16)17/h8,10-13H,1,4-7H2,2-3H3,(H,16,17)/t10-,11-,12+,13+/m1/s1. The third-order valence-electron chi connectivity index (χ3n) is 4.62. The molecule has 2 heteroatoms. The van der Waals surface area contributed by atoms with E-state index >= 15 is 0 Å². The molecule has 0 heterocycles. The van der Waals surface area contributed by atoms with Gasteiger partial charge in [-0.2, -0.15) is 0 Å². The molecule has 2 rings (SSSR count). The Bertz CT molecular complexity index is 367. The first-order chi connectivity index (χ1) is 8.00. The first-order valence-electron chi connectivity index (χ1n) is 6.62. The molecule has 17 heavy (non-hydrogen) atoms. The summed E-state index contributed by atoms with van der Waals surface area (Å²) in [4.78, 5) is 11.2. The van der Waals surface area contributed by atoms with Crippen LogP contribution >= 0.6 is 0 Å². The molecule has 0 bridgehead atoms. The number of carboxylic acid groups (broad SMARTS) is 1. The van der Waals surface area contributed by atoms with Crippen molar-refractivity contribution in [3.63, 3.8) is 0 Å². The molecule has 0 amide bonds. The zero-order valence-electron chi connectivity index (χ0n) is 10.8. The summed E-state index contributed by atoms with van der Waals surface area (Å²) in [6, 6.07) is 0. The van der Waals surface area contributed by atoms with Gasteiger partial charge in [0.15, 0.2) is 0 Å². The highest BCUT2D eigenvalue weighted by molar-refractivity contribution is 5.70. The Morgan fingerprint density at radius 2 is 2.18 bits per heavy atom. The van der Waals surface area contributed by atoms with Gasteiger partial charge in [-0.1, -0.05) is 37.6 Å². The Hall–Kier alpha value is -1.05. The van der Waals surface area contributed by atoms with Crippen molar-refractivity contribution in [2.75, 3.05) is 0 Å². The Labute approximate surface area is 103 Å². The van der Waals surface area contributed by atoms with Crippen molar-refractivity contribution < 1.29 is 9.90 Å². The quantitative estimate of drug-likeness (QED) is 0.792. The molecule has 2 aliphatic rings.